The molecule has 34 heavy (non-hydrogen) atoms. The fourth-order valence-electron chi connectivity index (χ4n) is 5.37. The molecule has 0 aliphatic heterocycles. The van der Waals surface area contributed by atoms with Crippen molar-refractivity contribution in [3.63, 3.8) is 0 Å². The summed E-state index contributed by atoms with van der Waals surface area (Å²) in [4.78, 5) is 0. The van der Waals surface area contributed by atoms with Gasteiger partial charge in [-0.3, -0.25) is 0 Å². The van der Waals surface area contributed by atoms with Crippen LogP contribution in [-0.4, -0.2) is 24.9 Å². The van der Waals surface area contributed by atoms with Crippen molar-refractivity contribution < 1.29 is 14.6 Å². The van der Waals surface area contributed by atoms with E-state index in [-0.39, 0.29) is 0 Å². The first-order valence-corrected chi connectivity index (χ1v) is 13.9. The van der Waals surface area contributed by atoms with Gasteiger partial charge in [-0.15, -0.1) is 0 Å². The van der Waals surface area contributed by atoms with Gasteiger partial charge in [0.05, 0.1) is 19.8 Å². The highest BCUT2D eigenvalue weighted by molar-refractivity contribution is 5.58. The molecule has 1 aromatic rings. The molecule has 0 saturated heterocycles. The van der Waals surface area contributed by atoms with Crippen molar-refractivity contribution in [3.05, 3.63) is 22.3 Å². The molecular weight excluding hydrogens is 420 g/mol. The molecule has 3 heteroatoms. The molecule has 3 nitrogen and oxygen atoms in total. The Morgan fingerprint density at radius 1 is 0.676 bits per heavy atom. The molecule has 1 rings (SSSR count). The molecule has 198 valence electrons. The Morgan fingerprint density at radius 2 is 1.15 bits per heavy atom. The topological polar surface area (TPSA) is 38.7 Å². The van der Waals surface area contributed by atoms with Gasteiger partial charge in [0.25, 0.3) is 0 Å². The Labute approximate surface area is 212 Å². The fraction of sp³-hybridized carbons (Fsp3) is 0.806. The molecule has 0 aliphatic carbocycles. The maximum absolute atomic E-state index is 11.1. The fourth-order valence-corrected chi connectivity index (χ4v) is 5.37. The molecule has 0 aromatic heterocycles. The maximum Gasteiger partial charge on any atom is 0.125 e. The van der Waals surface area contributed by atoms with Crippen LogP contribution in [0.2, 0.25) is 0 Å². The van der Waals surface area contributed by atoms with E-state index < -0.39 is 5.60 Å². The van der Waals surface area contributed by atoms with Crippen molar-refractivity contribution in [3.8, 4) is 11.5 Å². The van der Waals surface area contributed by atoms with Crippen molar-refractivity contribution in [2.45, 2.75) is 132 Å². The van der Waals surface area contributed by atoms with E-state index in [1.54, 1.807) is 14.2 Å². The minimum atomic E-state index is -0.659. The van der Waals surface area contributed by atoms with Gasteiger partial charge in [0.15, 0.2) is 0 Å². The van der Waals surface area contributed by atoms with Gasteiger partial charge in [-0.1, -0.05) is 79.1 Å². The van der Waals surface area contributed by atoms with Crippen LogP contribution in [-0.2, 0) is 6.42 Å². The van der Waals surface area contributed by atoms with E-state index in [9.17, 15) is 5.11 Å². The summed E-state index contributed by atoms with van der Waals surface area (Å²) in [5, 5.41) is 11.1. The zero-order valence-electron chi connectivity index (χ0n) is 24.3. The lowest BCUT2D eigenvalue weighted by Gasteiger charge is -2.26. The number of hydrogen-bond acceptors (Lipinski definition) is 3. The third kappa shape index (κ3) is 10.2. The Bertz CT molecular complexity index is 720. The Morgan fingerprint density at radius 3 is 1.65 bits per heavy atom. The van der Waals surface area contributed by atoms with Crippen LogP contribution in [0, 0.1) is 38.5 Å². The molecule has 3 atom stereocenters. The third-order valence-electron chi connectivity index (χ3n) is 7.92. The second-order valence-corrected chi connectivity index (χ2v) is 11.8. The molecule has 0 aliphatic rings. The Balaban J connectivity index is 2.47. The zero-order valence-corrected chi connectivity index (χ0v) is 24.3. The van der Waals surface area contributed by atoms with Crippen LogP contribution in [0.1, 0.15) is 121 Å². The molecule has 0 radical (unpaired) electrons. The van der Waals surface area contributed by atoms with Crippen LogP contribution in [0.15, 0.2) is 0 Å². The van der Waals surface area contributed by atoms with Gasteiger partial charge < -0.3 is 14.6 Å². The maximum atomic E-state index is 11.1. The molecule has 0 amide bonds. The number of benzene rings is 1. The van der Waals surface area contributed by atoms with Crippen LogP contribution >= 0.6 is 0 Å². The Kier molecular flexibility index (Phi) is 13.6. The summed E-state index contributed by atoms with van der Waals surface area (Å²) in [6.07, 6.45) is 12.8. The van der Waals surface area contributed by atoms with Gasteiger partial charge >= 0.3 is 0 Å². The molecular formula is C31H56O3. The number of rotatable bonds is 17. The minimum Gasteiger partial charge on any atom is -0.496 e. The zero-order chi connectivity index (χ0) is 25.9. The van der Waals surface area contributed by atoms with Crippen molar-refractivity contribution in [1.82, 2.24) is 0 Å². The standard InChI is InChI=1S/C31H56O3/c1-22(2)14-11-15-23(3)16-12-17-24(4)18-13-20-31(8,32)21-19-28-27(7)29(33-9)25(5)26(6)30(28)34-10/h22-24,32H,11-21H2,1-10H3. The van der Waals surface area contributed by atoms with Gasteiger partial charge in [0.2, 0.25) is 0 Å². The van der Waals surface area contributed by atoms with Crippen LogP contribution in [0.25, 0.3) is 0 Å². The molecule has 0 saturated carbocycles. The van der Waals surface area contributed by atoms with Crippen LogP contribution < -0.4 is 9.47 Å². The minimum absolute atomic E-state index is 0.659. The van der Waals surface area contributed by atoms with Crippen LogP contribution in [0.4, 0.5) is 0 Å². The van der Waals surface area contributed by atoms with Crippen molar-refractivity contribution >= 4 is 0 Å². The molecule has 0 heterocycles. The summed E-state index contributed by atoms with van der Waals surface area (Å²) in [6, 6.07) is 0. The SMILES string of the molecule is COc1c(C)c(C)c(OC)c(CCC(C)(O)CCCC(C)CCCC(C)CCCC(C)C)c1C. The molecule has 0 fully saturated rings. The summed E-state index contributed by atoms with van der Waals surface area (Å²) in [5.41, 5.74) is 3.89. The van der Waals surface area contributed by atoms with E-state index in [1.807, 2.05) is 6.92 Å². The average Bonchev–Trinajstić information content (AvgIpc) is 2.75. The quantitative estimate of drug-likeness (QED) is 0.244. The molecule has 0 spiro atoms. The van der Waals surface area contributed by atoms with Crippen molar-refractivity contribution in [2.24, 2.45) is 17.8 Å². The highest BCUT2D eigenvalue weighted by atomic mass is 16.5. The summed E-state index contributed by atoms with van der Waals surface area (Å²) in [7, 11) is 3.47. The van der Waals surface area contributed by atoms with Gasteiger partial charge in [0.1, 0.15) is 11.5 Å². The third-order valence-corrected chi connectivity index (χ3v) is 7.92. The summed E-state index contributed by atoms with van der Waals surface area (Å²) in [6.45, 7) is 17.7. The molecule has 0 bridgehead atoms. The predicted molar refractivity (Wildman–Crippen MR) is 147 cm³/mol. The van der Waals surface area contributed by atoms with Crippen LogP contribution in [0.3, 0.4) is 0 Å². The lowest BCUT2D eigenvalue weighted by molar-refractivity contribution is 0.0384. The highest BCUT2D eigenvalue weighted by Crippen LogP contribution is 2.39. The smallest absolute Gasteiger partial charge is 0.125 e. The first-order chi connectivity index (χ1) is 15.9. The summed E-state index contributed by atoms with van der Waals surface area (Å²) < 4.78 is 11.4. The van der Waals surface area contributed by atoms with E-state index in [0.717, 1.165) is 71.6 Å². The van der Waals surface area contributed by atoms with Gasteiger partial charge in [0, 0.05) is 5.56 Å². The second-order valence-electron chi connectivity index (χ2n) is 11.8. The predicted octanol–water partition coefficient (Wildman–Crippen LogP) is 8.75. The van der Waals surface area contributed by atoms with Gasteiger partial charge in [-0.2, -0.15) is 0 Å². The number of ether oxygens (including phenoxy) is 2. The van der Waals surface area contributed by atoms with Crippen LogP contribution in [0.5, 0.6) is 11.5 Å². The number of aliphatic hydroxyl groups is 1. The van der Waals surface area contributed by atoms with Gasteiger partial charge in [-0.05, 0) is 81.4 Å². The molecule has 3 unspecified atom stereocenters. The summed E-state index contributed by atoms with van der Waals surface area (Å²) in [5.74, 6) is 4.31. The Hall–Kier alpha value is -1.22. The van der Waals surface area contributed by atoms with Crippen molar-refractivity contribution in [1.29, 1.82) is 0 Å². The van der Waals surface area contributed by atoms with E-state index >= 15 is 0 Å². The number of hydrogen-bond donors (Lipinski definition) is 1. The van der Waals surface area contributed by atoms with Crippen molar-refractivity contribution in [2.75, 3.05) is 14.2 Å². The number of methoxy groups -OCH3 is 2. The average molecular weight is 477 g/mol. The van der Waals surface area contributed by atoms with E-state index in [4.69, 9.17) is 9.47 Å². The molecule has 1 N–H and O–H groups in total. The normalized spacial score (nSPS) is 15.3. The first-order valence-electron chi connectivity index (χ1n) is 13.9. The monoisotopic (exact) mass is 476 g/mol. The molecule has 1 aromatic carbocycles. The van der Waals surface area contributed by atoms with E-state index in [2.05, 4.69) is 48.5 Å². The lowest BCUT2D eigenvalue weighted by Crippen LogP contribution is -2.25. The summed E-state index contributed by atoms with van der Waals surface area (Å²) >= 11 is 0. The second kappa shape index (κ2) is 15.0. The highest BCUT2D eigenvalue weighted by Gasteiger charge is 2.24. The lowest BCUT2D eigenvalue weighted by atomic mass is 9.86. The van der Waals surface area contributed by atoms with E-state index in [1.165, 1.54) is 50.5 Å². The largest absolute Gasteiger partial charge is 0.496 e. The first kappa shape index (κ1) is 30.8. The van der Waals surface area contributed by atoms with Gasteiger partial charge in [-0.25, -0.2) is 0 Å². The van der Waals surface area contributed by atoms with E-state index in [0.29, 0.717) is 0 Å².